The second-order valence-corrected chi connectivity index (χ2v) is 6.17. The molecule has 8 heteroatoms. The lowest BCUT2D eigenvalue weighted by Gasteiger charge is -2.33. The highest BCUT2D eigenvalue weighted by Crippen LogP contribution is 2.31. The van der Waals surface area contributed by atoms with Crippen molar-refractivity contribution >= 4 is 22.0 Å². The first kappa shape index (κ1) is 12.5. The molecule has 0 aromatic carbocycles. The Labute approximate surface area is 91.8 Å². The summed E-state index contributed by atoms with van der Waals surface area (Å²) in [6.45, 7) is 2.45. The van der Waals surface area contributed by atoms with Gasteiger partial charge in [-0.1, -0.05) is 0 Å². The van der Waals surface area contributed by atoms with Crippen LogP contribution in [0.4, 0.5) is 0 Å². The van der Waals surface area contributed by atoms with Crippen molar-refractivity contribution in [2.24, 2.45) is 5.92 Å². The summed E-state index contributed by atoms with van der Waals surface area (Å²) in [5.41, 5.74) is -0.633. The predicted octanol–water partition coefficient (Wildman–Crippen LogP) is -0.633. The van der Waals surface area contributed by atoms with E-state index in [2.05, 4.69) is 0 Å². The lowest BCUT2D eigenvalue weighted by atomic mass is 9.93. The van der Waals surface area contributed by atoms with Crippen LogP contribution in [-0.4, -0.2) is 35.3 Å². The highest BCUT2D eigenvalue weighted by atomic mass is 32.2. The van der Waals surface area contributed by atoms with Gasteiger partial charge in [0.25, 0.3) is 0 Å². The highest BCUT2D eigenvalue weighted by molar-refractivity contribution is 7.91. The molecule has 0 amide bonds. The fourth-order valence-corrected chi connectivity index (χ4v) is 2.54. The smallest absolute Gasteiger partial charge is 0.352 e. The molecule has 0 fully saturated rings. The van der Waals surface area contributed by atoms with Gasteiger partial charge in [0.2, 0.25) is 10.0 Å². The van der Waals surface area contributed by atoms with Crippen LogP contribution in [0.3, 0.4) is 0 Å². The molecule has 0 aromatic heterocycles. The van der Waals surface area contributed by atoms with Crippen molar-refractivity contribution < 1.29 is 28.2 Å². The van der Waals surface area contributed by atoms with E-state index in [1.807, 2.05) is 4.72 Å². The Morgan fingerprint density at radius 3 is 2.25 bits per heavy atom. The van der Waals surface area contributed by atoms with Crippen LogP contribution in [0.1, 0.15) is 13.8 Å². The first-order valence-corrected chi connectivity index (χ1v) is 5.78. The number of sulfonamides is 1. The Bertz CT molecular complexity index is 475. The summed E-state index contributed by atoms with van der Waals surface area (Å²) in [5.74, 6) is -4.29. The van der Waals surface area contributed by atoms with Crippen LogP contribution in [0.5, 0.6) is 0 Å². The summed E-state index contributed by atoms with van der Waals surface area (Å²) in [7, 11) is -4.03. The summed E-state index contributed by atoms with van der Waals surface area (Å²) in [5, 5.41) is 17.5. The van der Waals surface area contributed by atoms with E-state index in [0.717, 1.165) is 6.08 Å². The maximum Gasteiger partial charge on any atom is 0.352 e. The van der Waals surface area contributed by atoms with Gasteiger partial charge in [-0.25, -0.2) is 13.2 Å². The second kappa shape index (κ2) is 3.48. The molecule has 1 aliphatic rings. The van der Waals surface area contributed by atoms with Crippen molar-refractivity contribution in [2.75, 3.05) is 0 Å². The monoisotopic (exact) mass is 249 g/mol. The molecule has 0 saturated carbocycles. The maximum atomic E-state index is 11.7. The molecule has 1 unspecified atom stereocenters. The molecule has 0 radical (unpaired) electrons. The number of nitrogens with one attached hydrogen (secondary N) is 1. The van der Waals surface area contributed by atoms with Crippen LogP contribution in [0.15, 0.2) is 11.8 Å². The minimum Gasteiger partial charge on any atom is -0.481 e. The molecule has 1 rings (SSSR count). The van der Waals surface area contributed by atoms with E-state index in [4.69, 9.17) is 10.2 Å². The molecule has 1 heterocycles. The average molecular weight is 249 g/mol. The van der Waals surface area contributed by atoms with Crippen LogP contribution >= 0.6 is 0 Å². The molecule has 0 spiro atoms. The van der Waals surface area contributed by atoms with Crippen LogP contribution in [0.25, 0.3) is 0 Å². The standard InChI is InChI=1S/C8H11NO6S/c1-8(2)4(6(10)11)3-5(7(12)13)9-16(8,14)15/h3-4,9H,1-2H3,(H,10,11)(H,12,13). The van der Waals surface area contributed by atoms with Gasteiger partial charge in [-0.05, 0) is 19.9 Å². The summed E-state index contributed by atoms with van der Waals surface area (Å²) in [6, 6.07) is 0. The Balaban J connectivity index is 3.40. The number of rotatable bonds is 2. The number of carboxylic acids is 2. The average Bonchev–Trinajstić information content (AvgIpc) is 2.08. The predicted molar refractivity (Wildman–Crippen MR) is 53.0 cm³/mol. The number of carboxylic acid groups (broad SMARTS) is 2. The van der Waals surface area contributed by atoms with Crippen LogP contribution in [-0.2, 0) is 19.6 Å². The zero-order chi connectivity index (χ0) is 12.7. The second-order valence-electron chi connectivity index (χ2n) is 3.91. The lowest BCUT2D eigenvalue weighted by molar-refractivity contribution is -0.140. The zero-order valence-corrected chi connectivity index (χ0v) is 9.41. The molecule has 0 saturated heterocycles. The van der Waals surface area contributed by atoms with Gasteiger partial charge >= 0.3 is 11.9 Å². The molecule has 0 aromatic rings. The van der Waals surface area contributed by atoms with Gasteiger partial charge in [0.15, 0.2) is 0 Å². The van der Waals surface area contributed by atoms with Crippen LogP contribution in [0.2, 0.25) is 0 Å². The van der Waals surface area contributed by atoms with Crippen LogP contribution in [0, 0.1) is 5.92 Å². The number of hydrogen-bond donors (Lipinski definition) is 3. The van der Waals surface area contributed by atoms with Gasteiger partial charge in [0.05, 0.1) is 5.92 Å². The largest absolute Gasteiger partial charge is 0.481 e. The summed E-state index contributed by atoms with van der Waals surface area (Å²) >= 11 is 0. The van der Waals surface area contributed by atoms with Crippen molar-refractivity contribution in [2.45, 2.75) is 18.6 Å². The SMILES string of the molecule is CC1(C)C(C(=O)O)C=C(C(=O)O)NS1(=O)=O. The van der Waals surface area contributed by atoms with E-state index in [0.29, 0.717) is 0 Å². The highest BCUT2D eigenvalue weighted by Gasteiger charge is 2.49. The van der Waals surface area contributed by atoms with Crippen molar-refractivity contribution in [3.8, 4) is 0 Å². The summed E-state index contributed by atoms with van der Waals surface area (Å²) in [4.78, 5) is 21.5. The third-order valence-electron chi connectivity index (χ3n) is 2.52. The quantitative estimate of drug-likeness (QED) is 0.599. The minimum absolute atomic E-state index is 0.633. The first-order valence-electron chi connectivity index (χ1n) is 4.30. The van der Waals surface area contributed by atoms with E-state index in [9.17, 15) is 18.0 Å². The Morgan fingerprint density at radius 2 is 1.88 bits per heavy atom. The zero-order valence-electron chi connectivity index (χ0n) is 8.59. The van der Waals surface area contributed by atoms with Crippen molar-refractivity contribution in [3.05, 3.63) is 11.8 Å². The van der Waals surface area contributed by atoms with Gasteiger partial charge < -0.3 is 10.2 Å². The third kappa shape index (κ3) is 1.75. The molecule has 3 N–H and O–H groups in total. The minimum atomic E-state index is -4.03. The van der Waals surface area contributed by atoms with Gasteiger partial charge in [-0.2, -0.15) is 0 Å². The van der Waals surface area contributed by atoms with E-state index in [1.54, 1.807) is 0 Å². The van der Waals surface area contributed by atoms with Crippen molar-refractivity contribution in [1.29, 1.82) is 0 Å². The molecule has 90 valence electrons. The van der Waals surface area contributed by atoms with E-state index in [1.165, 1.54) is 13.8 Å². The molecule has 1 atom stereocenters. The summed E-state index contributed by atoms with van der Waals surface area (Å²) in [6.07, 6.45) is 0.895. The number of hydrogen-bond acceptors (Lipinski definition) is 4. The maximum absolute atomic E-state index is 11.7. The van der Waals surface area contributed by atoms with Crippen molar-refractivity contribution in [3.63, 3.8) is 0 Å². The van der Waals surface area contributed by atoms with E-state index in [-0.39, 0.29) is 0 Å². The topological polar surface area (TPSA) is 121 Å². The Morgan fingerprint density at radius 1 is 1.38 bits per heavy atom. The van der Waals surface area contributed by atoms with E-state index >= 15 is 0 Å². The molecule has 0 aliphatic carbocycles. The van der Waals surface area contributed by atoms with Crippen LogP contribution < -0.4 is 4.72 Å². The molecular formula is C8H11NO6S. The molecule has 1 aliphatic heterocycles. The fourth-order valence-electron chi connectivity index (χ4n) is 1.33. The van der Waals surface area contributed by atoms with Gasteiger partial charge in [0, 0.05) is 0 Å². The molecule has 7 nitrogen and oxygen atoms in total. The lowest BCUT2D eigenvalue weighted by Crippen LogP contribution is -2.53. The van der Waals surface area contributed by atoms with Crippen molar-refractivity contribution in [1.82, 2.24) is 4.72 Å². The molecule has 0 bridgehead atoms. The van der Waals surface area contributed by atoms with E-state index < -0.39 is 38.3 Å². The third-order valence-corrected chi connectivity index (χ3v) is 4.64. The first-order chi connectivity index (χ1) is 7.09. The summed E-state index contributed by atoms with van der Waals surface area (Å²) < 4.78 is 23.5. The normalized spacial score (nSPS) is 26.4. The Kier molecular flexibility index (Phi) is 2.72. The van der Waals surface area contributed by atoms with Gasteiger partial charge in [0.1, 0.15) is 10.4 Å². The van der Waals surface area contributed by atoms with Gasteiger partial charge in [-0.3, -0.25) is 9.52 Å². The fraction of sp³-hybridized carbons (Fsp3) is 0.500. The number of aliphatic carboxylic acids is 2. The number of carbonyl (C=O) groups is 2. The van der Waals surface area contributed by atoms with Gasteiger partial charge in [-0.15, -0.1) is 0 Å². The molecule has 16 heavy (non-hydrogen) atoms. The Hall–Kier alpha value is -1.57. The molecular weight excluding hydrogens is 238 g/mol.